The Labute approximate surface area is 117 Å². The average Bonchev–Trinajstić information content (AvgIpc) is 2.43. The second-order valence-electron chi connectivity index (χ2n) is 5.88. The monoisotopic (exact) mass is 265 g/mol. The lowest BCUT2D eigenvalue weighted by Crippen LogP contribution is -2.49. The van der Waals surface area contributed by atoms with Crippen LogP contribution in [0.4, 0.5) is 4.79 Å². The fourth-order valence-electron chi connectivity index (χ4n) is 3.44. The number of amides is 1. The molecule has 0 aromatic carbocycles. The summed E-state index contributed by atoms with van der Waals surface area (Å²) < 4.78 is 5.30. The van der Waals surface area contributed by atoms with Gasteiger partial charge in [0.15, 0.2) is 0 Å². The van der Waals surface area contributed by atoms with E-state index in [9.17, 15) is 4.79 Å². The zero-order chi connectivity index (χ0) is 13.7. The molecule has 108 valence electrons. The number of carbonyl (C=O) groups is 1. The molecule has 0 unspecified atom stereocenters. The predicted molar refractivity (Wildman–Crippen MR) is 77.1 cm³/mol. The van der Waals surface area contributed by atoms with Crippen molar-refractivity contribution in [2.75, 3.05) is 6.61 Å². The maximum absolute atomic E-state index is 12.3. The highest BCUT2D eigenvalue weighted by Crippen LogP contribution is 2.32. The zero-order valence-electron chi connectivity index (χ0n) is 12.2. The van der Waals surface area contributed by atoms with Gasteiger partial charge in [0.2, 0.25) is 0 Å². The Morgan fingerprint density at radius 2 is 1.74 bits per heavy atom. The van der Waals surface area contributed by atoms with E-state index < -0.39 is 0 Å². The van der Waals surface area contributed by atoms with Crippen molar-refractivity contribution >= 4 is 6.09 Å². The van der Waals surface area contributed by atoms with Crippen molar-refractivity contribution < 1.29 is 9.53 Å². The van der Waals surface area contributed by atoms with Crippen molar-refractivity contribution in [2.24, 2.45) is 0 Å². The van der Waals surface area contributed by atoms with Gasteiger partial charge in [0.25, 0.3) is 0 Å². The molecule has 3 heteroatoms. The summed E-state index contributed by atoms with van der Waals surface area (Å²) in [5.74, 6) is 0. The smallest absolute Gasteiger partial charge is 0.410 e. The maximum Gasteiger partial charge on any atom is 0.410 e. The molecule has 0 heterocycles. The van der Waals surface area contributed by atoms with Crippen LogP contribution in [0.1, 0.15) is 64.7 Å². The van der Waals surface area contributed by atoms with E-state index in [4.69, 9.17) is 4.74 Å². The number of hydrogen-bond donors (Lipinski definition) is 0. The molecular formula is C16H27NO2. The quantitative estimate of drug-likeness (QED) is 0.713. The van der Waals surface area contributed by atoms with Gasteiger partial charge in [0, 0.05) is 12.1 Å². The molecule has 0 N–H and O–H groups in total. The van der Waals surface area contributed by atoms with Crippen LogP contribution in [0.3, 0.4) is 0 Å². The second-order valence-corrected chi connectivity index (χ2v) is 5.88. The third kappa shape index (κ3) is 3.74. The molecular weight excluding hydrogens is 238 g/mol. The fourth-order valence-corrected chi connectivity index (χ4v) is 3.44. The Balaban J connectivity index is 2.04. The van der Waals surface area contributed by atoms with Crippen LogP contribution in [0.25, 0.3) is 0 Å². The van der Waals surface area contributed by atoms with Gasteiger partial charge in [0.1, 0.15) is 0 Å². The molecule has 0 saturated heterocycles. The van der Waals surface area contributed by atoms with Crippen molar-refractivity contribution in [3.63, 3.8) is 0 Å². The normalized spacial score (nSPS) is 22.3. The first kappa shape index (κ1) is 14.4. The Kier molecular flexibility index (Phi) is 5.29. The minimum atomic E-state index is -0.0908. The predicted octanol–water partition coefficient (Wildman–Crippen LogP) is 4.28. The van der Waals surface area contributed by atoms with E-state index in [2.05, 4.69) is 11.5 Å². The summed E-state index contributed by atoms with van der Waals surface area (Å²) in [6.45, 7) is 6.43. The maximum atomic E-state index is 12.3. The molecule has 0 spiro atoms. The van der Waals surface area contributed by atoms with Gasteiger partial charge in [0.05, 0.1) is 6.61 Å². The molecule has 2 aliphatic carbocycles. The summed E-state index contributed by atoms with van der Waals surface area (Å²) in [5, 5.41) is 0. The molecule has 0 atom stereocenters. The first-order valence-corrected chi connectivity index (χ1v) is 7.84. The number of hydrogen-bond acceptors (Lipinski definition) is 2. The van der Waals surface area contributed by atoms with Gasteiger partial charge in [-0.25, -0.2) is 4.79 Å². The third-order valence-electron chi connectivity index (χ3n) is 4.50. The summed E-state index contributed by atoms with van der Waals surface area (Å²) in [6.07, 6.45) is 10.3. The third-order valence-corrected chi connectivity index (χ3v) is 4.50. The highest BCUT2D eigenvalue weighted by molar-refractivity contribution is 5.68. The Bertz CT molecular complexity index is 311. The van der Waals surface area contributed by atoms with Gasteiger partial charge in [-0.2, -0.15) is 0 Å². The number of carbonyl (C=O) groups excluding carboxylic acids is 1. The van der Waals surface area contributed by atoms with Gasteiger partial charge in [-0.15, -0.1) is 0 Å². The Morgan fingerprint density at radius 1 is 1.16 bits per heavy atom. The van der Waals surface area contributed by atoms with Crippen LogP contribution < -0.4 is 0 Å². The molecule has 2 aliphatic rings. The molecule has 2 saturated carbocycles. The van der Waals surface area contributed by atoms with Gasteiger partial charge < -0.3 is 9.64 Å². The number of nitrogens with zero attached hydrogens (tertiary/aromatic N) is 1. The van der Waals surface area contributed by atoms with E-state index in [1.54, 1.807) is 0 Å². The topological polar surface area (TPSA) is 29.5 Å². The number of allylic oxidation sites excluding steroid dienone is 1. The first-order chi connectivity index (χ1) is 9.22. The first-order valence-electron chi connectivity index (χ1n) is 7.84. The largest absolute Gasteiger partial charge is 0.450 e. The Hall–Kier alpha value is -0.990. The van der Waals surface area contributed by atoms with Crippen LogP contribution in [0, 0.1) is 0 Å². The van der Waals surface area contributed by atoms with Crippen molar-refractivity contribution in [1.29, 1.82) is 0 Å². The molecule has 0 radical (unpaired) electrons. The molecule has 0 aromatic heterocycles. The summed E-state index contributed by atoms with van der Waals surface area (Å²) in [5.41, 5.74) is 1.34. The summed E-state index contributed by atoms with van der Waals surface area (Å²) in [6, 6.07) is 0.775. The summed E-state index contributed by atoms with van der Waals surface area (Å²) in [7, 11) is 0. The van der Waals surface area contributed by atoms with Crippen LogP contribution in [-0.2, 0) is 4.74 Å². The van der Waals surface area contributed by atoms with Gasteiger partial charge in [-0.3, -0.25) is 0 Å². The molecule has 1 amide bonds. The van der Waals surface area contributed by atoms with E-state index in [1.165, 1.54) is 24.8 Å². The minimum Gasteiger partial charge on any atom is -0.450 e. The highest BCUT2D eigenvalue weighted by Gasteiger charge is 2.33. The second kappa shape index (κ2) is 6.97. The van der Waals surface area contributed by atoms with E-state index in [0.29, 0.717) is 18.7 Å². The van der Waals surface area contributed by atoms with Crippen molar-refractivity contribution in [3.05, 3.63) is 12.2 Å². The van der Waals surface area contributed by atoms with Crippen LogP contribution in [0.15, 0.2) is 12.2 Å². The van der Waals surface area contributed by atoms with Crippen LogP contribution in [0.2, 0.25) is 0 Å². The van der Waals surface area contributed by atoms with Gasteiger partial charge in [-0.05, 0) is 45.4 Å². The van der Waals surface area contributed by atoms with Crippen LogP contribution >= 0.6 is 0 Å². The minimum absolute atomic E-state index is 0.0908. The highest BCUT2D eigenvalue weighted by atomic mass is 16.6. The standard InChI is InChI=1S/C16H27NO2/c1-3-19-16(18)17(14-7-5-4-6-8-14)15-11-9-13(2)10-12-15/h14-15H,2-12H2,1H3. The van der Waals surface area contributed by atoms with Crippen molar-refractivity contribution in [2.45, 2.75) is 76.8 Å². The molecule has 0 bridgehead atoms. The van der Waals surface area contributed by atoms with Gasteiger partial charge >= 0.3 is 6.09 Å². The fraction of sp³-hybridized carbons (Fsp3) is 0.812. The lowest BCUT2D eigenvalue weighted by atomic mass is 9.87. The average molecular weight is 265 g/mol. The molecule has 2 fully saturated rings. The van der Waals surface area contributed by atoms with Crippen LogP contribution in [0.5, 0.6) is 0 Å². The summed E-state index contributed by atoms with van der Waals surface area (Å²) in [4.78, 5) is 14.4. The van der Waals surface area contributed by atoms with Crippen molar-refractivity contribution in [1.82, 2.24) is 4.90 Å². The van der Waals surface area contributed by atoms with E-state index in [-0.39, 0.29) is 6.09 Å². The van der Waals surface area contributed by atoms with Crippen LogP contribution in [-0.4, -0.2) is 29.7 Å². The molecule has 0 aromatic rings. The lowest BCUT2D eigenvalue weighted by Gasteiger charge is -2.41. The van der Waals surface area contributed by atoms with E-state index in [1.807, 2.05) is 6.92 Å². The molecule has 19 heavy (non-hydrogen) atoms. The van der Waals surface area contributed by atoms with E-state index in [0.717, 1.165) is 38.5 Å². The van der Waals surface area contributed by atoms with E-state index >= 15 is 0 Å². The van der Waals surface area contributed by atoms with Crippen molar-refractivity contribution in [3.8, 4) is 0 Å². The number of ether oxygens (including phenoxy) is 1. The molecule has 3 nitrogen and oxygen atoms in total. The molecule has 2 rings (SSSR count). The number of rotatable bonds is 3. The van der Waals surface area contributed by atoms with Gasteiger partial charge in [-0.1, -0.05) is 31.4 Å². The SMILES string of the molecule is C=C1CCC(N(C(=O)OCC)C2CCCCC2)CC1. The summed E-state index contributed by atoms with van der Waals surface area (Å²) >= 11 is 0. The Morgan fingerprint density at radius 3 is 2.32 bits per heavy atom. The lowest BCUT2D eigenvalue weighted by molar-refractivity contribution is 0.0513. The molecule has 0 aliphatic heterocycles. The zero-order valence-corrected chi connectivity index (χ0v) is 12.2.